The lowest BCUT2D eigenvalue weighted by Gasteiger charge is -2.04. The standard InChI is InChI=1S/C8H15NO5/c10-4-1-7(11)9-3-6-14-5-2-8(12)13/h10H,1-6H2,(H,9,11)(H,12,13). The highest BCUT2D eigenvalue weighted by molar-refractivity contribution is 5.75. The van der Waals surface area contributed by atoms with Crippen molar-refractivity contribution < 1.29 is 24.5 Å². The van der Waals surface area contributed by atoms with Crippen LogP contribution < -0.4 is 5.32 Å². The third-order valence-corrected chi connectivity index (χ3v) is 1.37. The summed E-state index contributed by atoms with van der Waals surface area (Å²) in [5.74, 6) is -1.15. The van der Waals surface area contributed by atoms with Crippen LogP contribution in [0.25, 0.3) is 0 Å². The second kappa shape index (κ2) is 8.46. The van der Waals surface area contributed by atoms with Gasteiger partial charge in [-0.2, -0.15) is 0 Å². The Labute approximate surface area is 81.9 Å². The molecule has 82 valence electrons. The Morgan fingerprint density at radius 2 is 1.93 bits per heavy atom. The Morgan fingerprint density at radius 1 is 1.21 bits per heavy atom. The molecule has 3 N–H and O–H groups in total. The minimum atomic E-state index is -0.908. The summed E-state index contributed by atoms with van der Waals surface area (Å²) in [5.41, 5.74) is 0. The van der Waals surface area contributed by atoms with Crippen LogP contribution in [0.2, 0.25) is 0 Å². The molecule has 0 saturated carbocycles. The van der Waals surface area contributed by atoms with Gasteiger partial charge in [-0.1, -0.05) is 0 Å². The van der Waals surface area contributed by atoms with Gasteiger partial charge in [0.25, 0.3) is 0 Å². The van der Waals surface area contributed by atoms with Crippen molar-refractivity contribution in [3.8, 4) is 0 Å². The minimum Gasteiger partial charge on any atom is -0.481 e. The molecule has 0 rings (SSSR count). The van der Waals surface area contributed by atoms with Gasteiger partial charge in [0.2, 0.25) is 5.91 Å². The average molecular weight is 205 g/mol. The van der Waals surface area contributed by atoms with Crippen LogP contribution in [0.5, 0.6) is 0 Å². The largest absolute Gasteiger partial charge is 0.481 e. The fourth-order valence-electron chi connectivity index (χ4n) is 0.714. The molecule has 0 aliphatic heterocycles. The third kappa shape index (κ3) is 8.95. The highest BCUT2D eigenvalue weighted by Gasteiger charge is 1.99. The number of amides is 1. The zero-order chi connectivity index (χ0) is 10.8. The highest BCUT2D eigenvalue weighted by atomic mass is 16.5. The fourth-order valence-corrected chi connectivity index (χ4v) is 0.714. The molecule has 0 heterocycles. The van der Waals surface area contributed by atoms with E-state index in [9.17, 15) is 9.59 Å². The molecule has 0 bridgehead atoms. The van der Waals surface area contributed by atoms with Crippen LogP contribution in [-0.4, -0.2) is 48.5 Å². The van der Waals surface area contributed by atoms with Gasteiger partial charge in [0.05, 0.1) is 26.2 Å². The molecule has 1 amide bonds. The van der Waals surface area contributed by atoms with Crippen molar-refractivity contribution in [1.82, 2.24) is 5.32 Å². The first-order chi connectivity index (χ1) is 6.66. The van der Waals surface area contributed by atoms with Crippen molar-refractivity contribution in [3.63, 3.8) is 0 Å². The van der Waals surface area contributed by atoms with E-state index in [2.05, 4.69) is 5.32 Å². The summed E-state index contributed by atoms with van der Waals surface area (Å²) in [6.07, 6.45) is 0.0414. The molecule has 0 aromatic heterocycles. The summed E-state index contributed by atoms with van der Waals surface area (Å²) < 4.78 is 4.91. The molecule has 0 atom stereocenters. The lowest BCUT2D eigenvalue weighted by molar-refractivity contribution is -0.138. The molecule has 0 spiro atoms. The number of aliphatic hydroxyl groups is 1. The van der Waals surface area contributed by atoms with Crippen molar-refractivity contribution in [2.75, 3.05) is 26.4 Å². The van der Waals surface area contributed by atoms with Gasteiger partial charge in [-0.3, -0.25) is 9.59 Å². The summed E-state index contributed by atoms with van der Waals surface area (Å²) in [4.78, 5) is 20.8. The number of aliphatic hydroxyl groups excluding tert-OH is 1. The number of carbonyl (C=O) groups excluding carboxylic acids is 1. The van der Waals surface area contributed by atoms with Crippen molar-refractivity contribution in [3.05, 3.63) is 0 Å². The number of aliphatic carboxylic acids is 1. The van der Waals surface area contributed by atoms with E-state index in [1.807, 2.05) is 0 Å². The second-order valence-electron chi connectivity index (χ2n) is 2.58. The van der Waals surface area contributed by atoms with Gasteiger partial charge >= 0.3 is 5.97 Å². The van der Waals surface area contributed by atoms with Gasteiger partial charge in [0, 0.05) is 13.0 Å². The quantitative estimate of drug-likeness (QED) is 0.441. The first-order valence-electron chi connectivity index (χ1n) is 4.34. The maximum Gasteiger partial charge on any atom is 0.305 e. The maximum absolute atomic E-state index is 10.8. The zero-order valence-electron chi connectivity index (χ0n) is 7.86. The normalized spacial score (nSPS) is 9.79. The molecule has 6 heteroatoms. The average Bonchev–Trinajstić information content (AvgIpc) is 2.11. The van der Waals surface area contributed by atoms with Crippen LogP contribution in [0, 0.1) is 0 Å². The molecule has 0 aliphatic rings. The smallest absolute Gasteiger partial charge is 0.305 e. The zero-order valence-corrected chi connectivity index (χ0v) is 7.86. The third-order valence-electron chi connectivity index (χ3n) is 1.37. The van der Waals surface area contributed by atoms with Crippen LogP contribution in [0.4, 0.5) is 0 Å². The molecule has 0 aromatic rings. The predicted molar refractivity (Wildman–Crippen MR) is 47.8 cm³/mol. The second-order valence-corrected chi connectivity index (χ2v) is 2.58. The van der Waals surface area contributed by atoms with Crippen molar-refractivity contribution in [2.45, 2.75) is 12.8 Å². The molecule has 0 radical (unpaired) electrons. The molecule has 0 fully saturated rings. The Morgan fingerprint density at radius 3 is 2.50 bits per heavy atom. The molecule has 14 heavy (non-hydrogen) atoms. The van der Waals surface area contributed by atoms with E-state index in [0.717, 1.165) is 0 Å². The van der Waals surface area contributed by atoms with Gasteiger partial charge in [0.1, 0.15) is 0 Å². The Bertz CT molecular complexity index is 183. The van der Waals surface area contributed by atoms with Crippen molar-refractivity contribution in [1.29, 1.82) is 0 Å². The van der Waals surface area contributed by atoms with Gasteiger partial charge in [-0.05, 0) is 0 Å². The van der Waals surface area contributed by atoms with E-state index in [1.54, 1.807) is 0 Å². The van der Waals surface area contributed by atoms with Gasteiger partial charge in [-0.15, -0.1) is 0 Å². The first-order valence-corrected chi connectivity index (χ1v) is 4.34. The lowest BCUT2D eigenvalue weighted by Crippen LogP contribution is -2.27. The molecule has 0 aromatic carbocycles. The summed E-state index contributed by atoms with van der Waals surface area (Å²) in [5, 5.41) is 19.1. The number of hydrogen-bond donors (Lipinski definition) is 3. The Kier molecular flexibility index (Phi) is 7.77. The number of carboxylic acid groups (broad SMARTS) is 1. The van der Waals surface area contributed by atoms with Gasteiger partial charge in [-0.25, -0.2) is 0 Å². The van der Waals surface area contributed by atoms with Crippen LogP contribution in [0.15, 0.2) is 0 Å². The molecular weight excluding hydrogens is 190 g/mol. The maximum atomic E-state index is 10.8. The molecule has 6 nitrogen and oxygen atoms in total. The van der Waals surface area contributed by atoms with E-state index < -0.39 is 5.97 Å². The van der Waals surface area contributed by atoms with E-state index >= 15 is 0 Å². The number of carbonyl (C=O) groups is 2. The molecular formula is C8H15NO5. The van der Waals surface area contributed by atoms with Crippen LogP contribution >= 0.6 is 0 Å². The monoisotopic (exact) mass is 205 g/mol. The Balaban J connectivity index is 3.13. The number of nitrogens with one attached hydrogen (secondary N) is 1. The van der Waals surface area contributed by atoms with Crippen molar-refractivity contribution >= 4 is 11.9 Å². The highest BCUT2D eigenvalue weighted by Crippen LogP contribution is 1.82. The first kappa shape index (κ1) is 12.9. The molecule has 0 unspecified atom stereocenters. The summed E-state index contributed by atoms with van der Waals surface area (Å²) in [6, 6.07) is 0. The van der Waals surface area contributed by atoms with Gasteiger partial charge in [0.15, 0.2) is 0 Å². The van der Waals surface area contributed by atoms with Crippen LogP contribution in [0.1, 0.15) is 12.8 Å². The number of ether oxygens (including phenoxy) is 1. The predicted octanol–water partition coefficient (Wildman–Crippen LogP) is -1.02. The summed E-state index contributed by atoms with van der Waals surface area (Å²) in [6.45, 7) is 0.583. The van der Waals surface area contributed by atoms with Crippen molar-refractivity contribution in [2.24, 2.45) is 0 Å². The van der Waals surface area contributed by atoms with E-state index in [0.29, 0.717) is 6.54 Å². The minimum absolute atomic E-state index is 0.0371. The van der Waals surface area contributed by atoms with E-state index in [-0.39, 0.29) is 38.6 Å². The molecule has 0 aliphatic carbocycles. The lowest BCUT2D eigenvalue weighted by atomic mass is 10.4. The van der Waals surface area contributed by atoms with Crippen LogP contribution in [0.3, 0.4) is 0 Å². The van der Waals surface area contributed by atoms with Crippen LogP contribution in [-0.2, 0) is 14.3 Å². The number of hydrogen-bond acceptors (Lipinski definition) is 4. The fraction of sp³-hybridized carbons (Fsp3) is 0.750. The summed E-state index contributed by atoms with van der Waals surface area (Å²) >= 11 is 0. The van der Waals surface area contributed by atoms with Gasteiger partial charge < -0.3 is 20.3 Å². The number of rotatable bonds is 8. The molecule has 0 saturated heterocycles. The SMILES string of the molecule is O=C(O)CCOCCNC(=O)CCO. The summed E-state index contributed by atoms with van der Waals surface area (Å²) in [7, 11) is 0. The number of carboxylic acids is 1. The Hall–Kier alpha value is -1.14. The topological polar surface area (TPSA) is 95.9 Å². The van der Waals surface area contributed by atoms with E-state index in [1.165, 1.54) is 0 Å². The van der Waals surface area contributed by atoms with E-state index in [4.69, 9.17) is 14.9 Å².